The van der Waals surface area contributed by atoms with Crippen molar-refractivity contribution in [2.24, 2.45) is 106 Å². The van der Waals surface area contributed by atoms with E-state index < -0.39 is 0 Å². The van der Waals surface area contributed by atoms with Crippen LogP contribution in [0.25, 0.3) is 0 Å². The van der Waals surface area contributed by atoms with E-state index in [0.717, 1.165) is 88.8 Å². The summed E-state index contributed by atoms with van der Waals surface area (Å²) in [7, 11) is 0. The number of aldehydes is 1. The Morgan fingerprint density at radius 3 is 1.64 bits per heavy atom. The topological polar surface area (TPSA) is 17.1 Å². The van der Waals surface area contributed by atoms with Crippen LogP contribution >= 0.6 is 0 Å². The Labute approximate surface area is 130 Å². The van der Waals surface area contributed by atoms with Gasteiger partial charge < -0.3 is 4.79 Å². The Balaban J connectivity index is 1.48. The third kappa shape index (κ3) is 0.504. The first-order chi connectivity index (χ1) is 10.9. The van der Waals surface area contributed by atoms with Crippen LogP contribution in [0.2, 0.25) is 0 Å². The number of hydrogen-bond acceptors (Lipinski definition) is 1. The van der Waals surface area contributed by atoms with Gasteiger partial charge >= 0.3 is 0 Å². The molecule has 10 saturated carbocycles. The first-order valence-corrected chi connectivity index (χ1v) is 10.4. The molecule has 0 heterocycles. The fraction of sp³-hybridized carbons (Fsp3) is 0.952. The highest BCUT2D eigenvalue weighted by molar-refractivity contribution is 5.68. The highest BCUT2D eigenvalue weighted by Crippen LogP contribution is 2.98. The van der Waals surface area contributed by atoms with Crippen LogP contribution in [0.5, 0.6) is 0 Å². The average Bonchev–Trinajstić information content (AvgIpc) is 3.22. The summed E-state index contributed by atoms with van der Waals surface area (Å²) in [5.41, 5.74) is 0.241. The maximum absolute atomic E-state index is 12.7. The zero-order valence-electron chi connectivity index (χ0n) is 12.7. The second-order valence-corrected chi connectivity index (χ2v) is 11.6. The van der Waals surface area contributed by atoms with Gasteiger partial charge in [0.2, 0.25) is 0 Å². The van der Waals surface area contributed by atoms with Crippen molar-refractivity contribution < 1.29 is 4.79 Å². The highest BCUT2D eigenvalue weighted by Gasteiger charge is 2.96. The fourth-order valence-corrected chi connectivity index (χ4v) is 14.6. The fourth-order valence-electron chi connectivity index (χ4n) is 14.6. The minimum Gasteiger partial charge on any atom is -0.303 e. The molecular weight excluding hydrogens is 268 g/mol. The lowest BCUT2D eigenvalue weighted by atomic mass is 9.64. The normalized spacial score (nSPS) is 94.8. The predicted molar refractivity (Wildman–Crippen MR) is 77.1 cm³/mol. The number of fused-ring (bicyclic) bond motifs is 4. The first-order valence-electron chi connectivity index (χ1n) is 10.4. The smallest absolute Gasteiger partial charge is 0.127 e. The molecule has 0 aromatic rings. The molecular formula is C21H22O. The summed E-state index contributed by atoms with van der Waals surface area (Å²) in [6, 6.07) is 0. The Morgan fingerprint density at radius 1 is 0.545 bits per heavy atom. The molecule has 0 bridgehead atoms. The van der Waals surface area contributed by atoms with Crippen LogP contribution in [0.1, 0.15) is 12.8 Å². The minimum atomic E-state index is 0.241. The van der Waals surface area contributed by atoms with Crippen LogP contribution in [-0.4, -0.2) is 6.29 Å². The average molecular weight is 290 g/mol. The summed E-state index contributed by atoms with van der Waals surface area (Å²) in [6.07, 6.45) is 4.81. The van der Waals surface area contributed by atoms with Crippen LogP contribution in [-0.2, 0) is 4.79 Å². The van der Waals surface area contributed by atoms with E-state index in [1.165, 1.54) is 11.8 Å². The number of rotatable bonds is 1. The number of hydrogen-bond donors (Lipinski definition) is 0. The van der Waals surface area contributed by atoms with Gasteiger partial charge in [-0.3, -0.25) is 0 Å². The standard InChI is InChI=1S/C21H22O/c22-3-21-18-6-1-4-8-5-2-7(18)12-10(5)15-13(8)14-9(4)11(6)19(21)16(14)17(15)20(12)21/h3-20H,1-2H2/t4-,5+,6-,7-,8?,9+,10-,11-,12-,13?,14+,15-,16+,17-,18?,19-,20+,21?/m1/s1. The summed E-state index contributed by atoms with van der Waals surface area (Å²) < 4.78 is 0. The molecule has 1 nitrogen and oxygen atoms in total. The van der Waals surface area contributed by atoms with E-state index in [-0.39, 0.29) is 5.41 Å². The second kappa shape index (κ2) is 2.25. The molecule has 0 aromatic heterocycles. The first kappa shape index (κ1) is 9.84. The van der Waals surface area contributed by atoms with E-state index in [1.54, 1.807) is 19.1 Å². The van der Waals surface area contributed by atoms with Gasteiger partial charge in [-0.15, -0.1) is 0 Å². The Hall–Kier alpha value is -0.330. The molecule has 10 fully saturated rings. The van der Waals surface area contributed by atoms with Crippen LogP contribution in [0.4, 0.5) is 0 Å². The molecule has 0 N–H and O–H groups in total. The molecule has 18 atom stereocenters. The molecule has 10 aliphatic rings. The van der Waals surface area contributed by atoms with E-state index in [2.05, 4.69) is 0 Å². The maximum Gasteiger partial charge on any atom is 0.127 e. The van der Waals surface area contributed by atoms with E-state index >= 15 is 0 Å². The van der Waals surface area contributed by atoms with Gasteiger partial charge in [0.05, 0.1) is 0 Å². The maximum atomic E-state index is 12.7. The van der Waals surface area contributed by atoms with E-state index in [9.17, 15) is 4.79 Å². The third-order valence-corrected chi connectivity index (χ3v) is 13.0. The van der Waals surface area contributed by atoms with Crippen molar-refractivity contribution in [1.29, 1.82) is 0 Å². The summed E-state index contributed by atoms with van der Waals surface area (Å²) in [5.74, 6) is 18.2. The lowest BCUT2D eigenvalue weighted by Gasteiger charge is -2.39. The van der Waals surface area contributed by atoms with Crippen molar-refractivity contribution >= 4 is 6.29 Å². The minimum absolute atomic E-state index is 0.241. The van der Waals surface area contributed by atoms with Gasteiger partial charge in [-0.1, -0.05) is 0 Å². The van der Waals surface area contributed by atoms with Crippen molar-refractivity contribution in [2.75, 3.05) is 0 Å². The quantitative estimate of drug-likeness (QED) is 0.678. The summed E-state index contributed by atoms with van der Waals surface area (Å²) in [5, 5.41) is 0. The van der Waals surface area contributed by atoms with E-state index in [4.69, 9.17) is 0 Å². The molecule has 0 spiro atoms. The van der Waals surface area contributed by atoms with Gasteiger partial charge in [-0.25, -0.2) is 0 Å². The monoisotopic (exact) mass is 290 g/mol. The summed E-state index contributed by atoms with van der Waals surface area (Å²) >= 11 is 0. The van der Waals surface area contributed by atoms with Crippen LogP contribution in [0.3, 0.4) is 0 Å². The zero-order valence-corrected chi connectivity index (χ0v) is 12.7. The van der Waals surface area contributed by atoms with Gasteiger partial charge in [0.1, 0.15) is 6.29 Å². The van der Waals surface area contributed by atoms with Gasteiger partial charge in [-0.05, 0) is 113 Å². The molecule has 22 heavy (non-hydrogen) atoms. The number of carbonyl (C=O) groups excluding carboxylic acids is 1. The predicted octanol–water partition coefficient (Wildman–Crippen LogP) is 2.56. The van der Waals surface area contributed by atoms with Crippen molar-refractivity contribution in [3.63, 3.8) is 0 Å². The Bertz CT molecular complexity index is 683. The molecule has 0 saturated heterocycles. The summed E-state index contributed by atoms with van der Waals surface area (Å²) in [6.45, 7) is 0. The van der Waals surface area contributed by atoms with Gasteiger partial charge in [0, 0.05) is 5.41 Å². The van der Waals surface area contributed by atoms with Gasteiger partial charge in [0.25, 0.3) is 0 Å². The molecule has 0 aromatic carbocycles. The van der Waals surface area contributed by atoms with Gasteiger partial charge in [-0.2, -0.15) is 0 Å². The van der Waals surface area contributed by atoms with E-state index in [1.807, 2.05) is 0 Å². The van der Waals surface area contributed by atoms with Crippen LogP contribution < -0.4 is 0 Å². The Kier molecular flexibility index (Phi) is 1.00. The largest absolute Gasteiger partial charge is 0.303 e. The van der Waals surface area contributed by atoms with E-state index in [0.29, 0.717) is 0 Å². The lowest BCUT2D eigenvalue weighted by Crippen LogP contribution is -2.39. The molecule has 0 aliphatic heterocycles. The lowest BCUT2D eigenvalue weighted by molar-refractivity contribution is -0.122. The molecule has 0 amide bonds. The second-order valence-electron chi connectivity index (χ2n) is 11.6. The summed E-state index contributed by atoms with van der Waals surface area (Å²) in [4.78, 5) is 12.7. The third-order valence-electron chi connectivity index (χ3n) is 13.0. The van der Waals surface area contributed by atoms with Crippen molar-refractivity contribution in [2.45, 2.75) is 12.8 Å². The van der Waals surface area contributed by atoms with Crippen molar-refractivity contribution in [3.05, 3.63) is 0 Å². The van der Waals surface area contributed by atoms with Crippen LogP contribution in [0.15, 0.2) is 0 Å². The SMILES string of the molecule is O=CC12C3[C@@H]4C[C@H]5C6C7[C@@H]8[C@@H]9[C@H]([C@@H]1[C@@H]8[C@H]1[C@@H]7[C@H]5[C@@H]4[C@@H]12)[C@H]3C[C@H]69. The molecule has 1 heteroatoms. The number of carbonyl (C=O) groups is 1. The Morgan fingerprint density at radius 2 is 1.09 bits per heavy atom. The van der Waals surface area contributed by atoms with Gasteiger partial charge in [0.15, 0.2) is 0 Å². The molecule has 10 rings (SSSR count). The van der Waals surface area contributed by atoms with Crippen molar-refractivity contribution in [1.82, 2.24) is 0 Å². The highest BCUT2D eigenvalue weighted by atomic mass is 16.1. The molecule has 112 valence electrons. The molecule has 4 unspecified atom stereocenters. The zero-order chi connectivity index (χ0) is 13.4. The van der Waals surface area contributed by atoms with Crippen LogP contribution in [0, 0.1) is 106 Å². The van der Waals surface area contributed by atoms with Crippen molar-refractivity contribution in [3.8, 4) is 0 Å². The molecule has 10 aliphatic carbocycles. The molecule has 0 radical (unpaired) electrons.